The number of hydrogen-bond acceptors (Lipinski definition) is 2. The van der Waals surface area contributed by atoms with Gasteiger partial charge < -0.3 is 1.43 Å². The number of hydrogen-bond donors (Lipinski definition) is 0. The Balaban J connectivity index is 0.000000810. The Kier molecular flexibility index (Phi) is 4.13. The van der Waals surface area contributed by atoms with Crippen LogP contribution in [0, 0.1) is 0 Å². The van der Waals surface area contributed by atoms with Crippen molar-refractivity contribution in [3.63, 3.8) is 0 Å². The van der Waals surface area contributed by atoms with Crippen LogP contribution in [0.15, 0.2) is 42.5 Å². The summed E-state index contributed by atoms with van der Waals surface area (Å²) in [7, 11) is -0.282. The van der Waals surface area contributed by atoms with Crippen LogP contribution < -0.4 is 29.6 Å². The molecule has 1 unspecified atom stereocenters. The Morgan fingerprint density at radius 2 is 1.94 bits per heavy atom. The standard InChI is InChI=1S/C13H9O2P.Na.H/c14-16-15-12-8-7-10-4-1-3-9-5-2-6-11(12)13(9)10;;/h1-8,12H;;/q;+1;-1. The number of rotatable bonds is 2. The van der Waals surface area contributed by atoms with E-state index in [0.717, 1.165) is 5.56 Å². The van der Waals surface area contributed by atoms with Gasteiger partial charge in [-0.3, -0.25) is 4.52 Å². The van der Waals surface area contributed by atoms with Crippen molar-refractivity contribution in [3.05, 3.63) is 53.6 Å². The molecule has 2 aromatic carbocycles. The van der Waals surface area contributed by atoms with Crippen LogP contribution in [0.2, 0.25) is 0 Å². The molecule has 17 heavy (non-hydrogen) atoms. The molecule has 0 bridgehead atoms. The molecule has 2 aromatic rings. The molecule has 0 spiro atoms. The Hall–Kier alpha value is -0.500. The molecule has 1 aliphatic carbocycles. The Bertz CT molecular complexity index is 595. The Morgan fingerprint density at radius 3 is 2.71 bits per heavy atom. The molecule has 2 nitrogen and oxygen atoms in total. The summed E-state index contributed by atoms with van der Waals surface area (Å²) in [5.74, 6) is 0. The van der Waals surface area contributed by atoms with E-state index in [1.807, 2.05) is 30.4 Å². The van der Waals surface area contributed by atoms with Crippen molar-refractivity contribution in [1.82, 2.24) is 0 Å². The van der Waals surface area contributed by atoms with Gasteiger partial charge in [0, 0.05) is 0 Å². The molecule has 3 rings (SSSR count). The first-order valence-corrected chi connectivity index (χ1v) is 5.81. The summed E-state index contributed by atoms with van der Waals surface area (Å²) in [6, 6.07) is 12.3. The third-order valence-corrected chi connectivity index (χ3v) is 3.20. The van der Waals surface area contributed by atoms with Crippen LogP contribution in [0.1, 0.15) is 18.7 Å². The first kappa shape index (κ1) is 12.9. The molecule has 0 aromatic heterocycles. The van der Waals surface area contributed by atoms with Crippen molar-refractivity contribution in [2.24, 2.45) is 0 Å². The van der Waals surface area contributed by atoms with Gasteiger partial charge in [-0.05, 0) is 28.0 Å². The van der Waals surface area contributed by atoms with Crippen LogP contribution in [0.25, 0.3) is 16.8 Å². The van der Waals surface area contributed by atoms with Crippen molar-refractivity contribution in [2.75, 3.05) is 0 Å². The second kappa shape index (κ2) is 5.43. The van der Waals surface area contributed by atoms with Gasteiger partial charge in [-0.15, -0.1) is 0 Å². The smallest absolute Gasteiger partial charge is 1.00 e. The quantitative estimate of drug-likeness (QED) is 0.594. The fourth-order valence-corrected chi connectivity index (χ4v) is 2.49. The molecule has 0 radical (unpaired) electrons. The van der Waals surface area contributed by atoms with E-state index in [2.05, 4.69) is 18.2 Å². The molecule has 0 saturated carbocycles. The van der Waals surface area contributed by atoms with Gasteiger partial charge in [0.25, 0.3) is 0 Å². The van der Waals surface area contributed by atoms with Gasteiger partial charge in [-0.1, -0.05) is 42.5 Å². The largest absolute Gasteiger partial charge is 1.00 e. The Morgan fingerprint density at radius 1 is 1.18 bits per heavy atom. The van der Waals surface area contributed by atoms with Gasteiger partial charge in [-0.2, -0.15) is 0 Å². The monoisotopic (exact) mass is 252 g/mol. The normalized spacial score (nSPS) is 17.1. The molecule has 0 amide bonds. The second-order valence-corrected chi connectivity index (χ2v) is 4.11. The van der Waals surface area contributed by atoms with E-state index < -0.39 is 0 Å². The second-order valence-electron chi connectivity index (χ2n) is 3.75. The van der Waals surface area contributed by atoms with E-state index in [-0.39, 0.29) is 45.8 Å². The molecule has 0 aliphatic heterocycles. The predicted molar refractivity (Wildman–Crippen MR) is 65.5 cm³/mol. The first-order valence-electron chi connectivity index (χ1n) is 5.08. The number of benzene rings is 2. The molecule has 1 aliphatic rings. The van der Waals surface area contributed by atoms with Crippen LogP contribution in [0.3, 0.4) is 0 Å². The van der Waals surface area contributed by atoms with E-state index in [1.165, 1.54) is 16.3 Å². The summed E-state index contributed by atoms with van der Waals surface area (Å²) >= 11 is 0. The van der Waals surface area contributed by atoms with Crippen LogP contribution in [-0.2, 0) is 9.09 Å². The van der Waals surface area contributed by atoms with Crippen molar-refractivity contribution >= 4 is 25.5 Å². The van der Waals surface area contributed by atoms with Gasteiger partial charge in [0.1, 0.15) is 6.10 Å². The zero-order valence-corrected chi connectivity index (χ0v) is 12.4. The van der Waals surface area contributed by atoms with E-state index in [9.17, 15) is 4.57 Å². The topological polar surface area (TPSA) is 26.3 Å². The van der Waals surface area contributed by atoms with E-state index in [4.69, 9.17) is 4.52 Å². The Labute approximate surface area is 125 Å². The minimum Gasteiger partial charge on any atom is -1.00 e. The fourth-order valence-electron chi connectivity index (χ4n) is 2.21. The fraction of sp³-hybridized carbons (Fsp3) is 0.0769. The summed E-state index contributed by atoms with van der Waals surface area (Å²) < 4.78 is 15.7. The molecule has 1 atom stereocenters. The molecule has 0 saturated heterocycles. The molecule has 80 valence electrons. The summed E-state index contributed by atoms with van der Waals surface area (Å²) in [4.78, 5) is 0. The van der Waals surface area contributed by atoms with Crippen LogP contribution in [0.5, 0.6) is 0 Å². The van der Waals surface area contributed by atoms with Gasteiger partial charge in [0.2, 0.25) is 0 Å². The zero-order chi connectivity index (χ0) is 11.0. The van der Waals surface area contributed by atoms with Gasteiger partial charge in [-0.25, -0.2) is 4.57 Å². The van der Waals surface area contributed by atoms with Gasteiger partial charge >= 0.3 is 38.2 Å². The van der Waals surface area contributed by atoms with Crippen molar-refractivity contribution in [2.45, 2.75) is 6.10 Å². The molecular formula is C13H10NaO2P. The summed E-state index contributed by atoms with van der Waals surface area (Å²) in [5.41, 5.74) is 2.27. The van der Waals surface area contributed by atoms with E-state index in [0.29, 0.717) is 0 Å². The van der Waals surface area contributed by atoms with Crippen molar-refractivity contribution < 1.29 is 40.1 Å². The minimum atomic E-state index is -0.282. The molecule has 0 fully saturated rings. The molecule has 0 N–H and O–H groups in total. The average molecular weight is 252 g/mol. The third kappa shape index (κ3) is 2.24. The van der Waals surface area contributed by atoms with Gasteiger partial charge in [0.05, 0.1) is 0 Å². The van der Waals surface area contributed by atoms with E-state index in [1.54, 1.807) is 0 Å². The summed E-state index contributed by atoms with van der Waals surface area (Å²) in [6.07, 6.45) is 3.74. The maximum atomic E-state index is 10.5. The van der Waals surface area contributed by atoms with Crippen LogP contribution >= 0.6 is 8.69 Å². The minimum absolute atomic E-state index is 0. The maximum absolute atomic E-state index is 10.5. The molecule has 0 heterocycles. The van der Waals surface area contributed by atoms with Crippen molar-refractivity contribution in [3.8, 4) is 0 Å². The predicted octanol–water partition coefficient (Wildman–Crippen LogP) is 1.25. The molecular weight excluding hydrogens is 242 g/mol. The average Bonchev–Trinajstić information content (AvgIpc) is 2.33. The zero-order valence-electron chi connectivity index (χ0n) is 10.5. The van der Waals surface area contributed by atoms with E-state index >= 15 is 0 Å². The van der Waals surface area contributed by atoms with Crippen molar-refractivity contribution in [1.29, 1.82) is 0 Å². The summed E-state index contributed by atoms with van der Waals surface area (Å²) in [5, 5.41) is 2.39. The third-order valence-electron chi connectivity index (χ3n) is 2.88. The molecule has 4 heteroatoms. The summed E-state index contributed by atoms with van der Waals surface area (Å²) in [6.45, 7) is 0. The maximum Gasteiger partial charge on any atom is 1.00 e. The first-order chi connectivity index (χ1) is 7.90. The SMILES string of the molecule is O=POC1C=Cc2cccc3cccc1c23.[H-].[Na+]. The van der Waals surface area contributed by atoms with Crippen LogP contribution in [0.4, 0.5) is 0 Å². The van der Waals surface area contributed by atoms with Gasteiger partial charge in [0.15, 0.2) is 0 Å². The van der Waals surface area contributed by atoms with Crippen LogP contribution in [-0.4, -0.2) is 0 Å².